The zero-order valence-corrected chi connectivity index (χ0v) is 11.5. The second-order valence-corrected chi connectivity index (χ2v) is 5.11. The molecule has 1 aromatic heterocycles. The summed E-state index contributed by atoms with van der Waals surface area (Å²) in [7, 11) is 1.40. The fraction of sp³-hybridized carbons (Fsp3) is 0.462. The van der Waals surface area contributed by atoms with Crippen LogP contribution in [0.25, 0.3) is 11.0 Å². The van der Waals surface area contributed by atoms with E-state index in [0.29, 0.717) is 4.77 Å². The number of nitrogens with one attached hydrogen (secondary N) is 1. The number of alkyl halides is 1. The third kappa shape index (κ3) is 2.04. The highest BCUT2D eigenvalue weighted by atomic mass is 32.1. The molecule has 2 atom stereocenters. The molecular weight excluding hydrogens is 265 g/mol. The van der Waals surface area contributed by atoms with Crippen molar-refractivity contribution >= 4 is 23.3 Å². The standard InChI is InChI=1S/C13H16FN3OS/c1-18-12(14)11-7-4-8-16(11)17-10-6-3-2-5-9(10)15-13(17)19/h2-3,5-6,11-12H,4,7-8H2,1H3,(H,15,19). The van der Waals surface area contributed by atoms with Crippen LogP contribution in [-0.2, 0) is 4.74 Å². The van der Waals surface area contributed by atoms with Crippen LogP contribution in [0.5, 0.6) is 0 Å². The van der Waals surface area contributed by atoms with Gasteiger partial charge < -0.3 is 14.7 Å². The quantitative estimate of drug-likeness (QED) is 0.878. The Morgan fingerprint density at radius 2 is 2.26 bits per heavy atom. The summed E-state index contributed by atoms with van der Waals surface area (Å²) in [5, 5.41) is 1.97. The molecule has 4 nitrogen and oxygen atoms in total. The number of hydrogen-bond donors (Lipinski definition) is 1. The Kier molecular flexibility index (Phi) is 3.28. The van der Waals surface area contributed by atoms with E-state index in [-0.39, 0.29) is 6.04 Å². The van der Waals surface area contributed by atoms with Crippen LogP contribution >= 0.6 is 12.2 Å². The van der Waals surface area contributed by atoms with Crippen LogP contribution in [0.2, 0.25) is 0 Å². The van der Waals surface area contributed by atoms with Crippen molar-refractivity contribution in [2.45, 2.75) is 25.2 Å². The van der Waals surface area contributed by atoms with Gasteiger partial charge >= 0.3 is 0 Å². The van der Waals surface area contributed by atoms with Crippen molar-refractivity contribution in [2.75, 3.05) is 18.7 Å². The highest BCUT2D eigenvalue weighted by molar-refractivity contribution is 7.71. The number of para-hydroxylation sites is 2. The van der Waals surface area contributed by atoms with E-state index < -0.39 is 6.36 Å². The minimum absolute atomic E-state index is 0.282. The number of imidazole rings is 1. The van der Waals surface area contributed by atoms with Crippen molar-refractivity contribution in [1.29, 1.82) is 0 Å². The van der Waals surface area contributed by atoms with Gasteiger partial charge in [-0.05, 0) is 37.2 Å². The Labute approximate surface area is 115 Å². The molecule has 2 heterocycles. The van der Waals surface area contributed by atoms with E-state index in [4.69, 9.17) is 17.0 Å². The molecule has 2 aromatic rings. The highest BCUT2D eigenvalue weighted by Crippen LogP contribution is 2.24. The van der Waals surface area contributed by atoms with E-state index in [2.05, 4.69) is 4.98 Å². The maximum atomic E-state index is 13.9. The van der Waals surface area contributed by atoms with Crippen LogP contribution in [-0.4, -0.2) is 35.7 Å². The fourth-order valence-electron chi connectivity index (χ4n) is 2.75. The highest BCUT2D eigenvalue weighted by Gasteiger charge is 2.33. The molecule has 2 unspecified atom stereocenters. The van der Waals surface area contributed by atoms with E-state index in [1.165, 1.54) is 7.11 Å². The molecule has 0 radical (unpaired) electrons. The molecule has 0 amide bonds. The van der Waals surface area contributed by atoms with Gasteiger partial charge in [-0.25, -0.2) is 9.07 Å². The number of aromatic amines is 1. The number of hydrogen-bond acceptors (Lipinski definition) is 3. The van der Waals surface area contributed by atoms with Crippen LogP contribution in [0, 0.1) is 4.77 Å². The summed E-state index contributed by atoms with van der Waals surface area (Å²) >= 11 is 5.37. The predicted molar refractivity (Wildman–Crippen MR) is 75.1 cm³/mol. The van der Waals surface area contributed by atoms with Gasteiger partial charge in [0.05, 0.1) is 11.0 Å². The molecule has 102 valence electrons. The summed E-state index contributed by atoms with van der Waals surface area (Å²) in [6.07, 6.45) is 0.421. The zero-order chi connectivity index (χ0) is 13.4. The Balaban J connectivity index is 2.08. The monoisotopic (exact) mass is 281 g/mol. The lowest BCUT2D eigenvalue weighted by atomic mass is 10.2. The molecule has 3 rings (SSSR count). The second kappa shape index (κ2) is 4.94. The van der Waals surface area contributed by atoms with Gasteiger partial charge in [0.25, 0.3) is 0 Å². The largest absolute Gasteiger partial charge is 0.350 e. The van der Waals surface area contributed by atoms with Gasteiger partial charge in [-0.3, -0.25) is 0 Å². The summed E-state index contributed by atoms with van der Waals surface area (Å²) < 4.78 is 21.2. The Bertz CT molecular complexity index is 638. The third-order valence-electron chi connectivity index (χ3n) is 3.62. The molecule has 1 saturated heterocycles. The number of benzene rings is 1. The number of rotatable bonds is 3. The van der Waals surface area contributed by atoms with Crippen LogP contribution in [0.3, 0.4) is 0 Å². The SMILES string of the molecule is COC(F)C1CCCN1n1c(=S)[nH]c2ccccc21. The van der Waals surface area contributed by atoms with Crippen LogP contribution in [0.4, 0.5) is 4.39 Å². The number of halogens is 1. The van der Waals surface area contributed by atoms with Gasteiger partial charge in [-0.2, -0.15) is 0 Å². The molecular formula is C13H16FN3OS. The first-order chi connectivity index (χ1) is 9.22. The summed E-state index contributed by atoms with van der Waals surface area (Å²) in [5.74, 6) is 0. The first-order valence-electron chi connectivity index (χ1n) is 6.36. The topological polar surface area (TPSA) is 33.2 Å². The van der Waals surface area contributed by atoms with E-state index in [1.807, 2.05) is 34.0 Å². The fourth-order valence-corrected chi connectivity index (χ4v) is 3.06. The number of fused-ring (bicyclic) bond motifs is 1. The Hall–Kier alpha value is -1.40. The maximum absolute atomic E-state index is 13.9. The Morgan fingerprint density at radius 1 is 1.47 bits per heavy atom. The molecule has 1 aliphatic rings. The lowest BCUT2D eigenvalue weighted by Gasteiger charge is -2.29. The van der Waals surface area contributed by atoms with Crippen LogP contribution in [0.15, 0.2) is 24.3 Å². The molecule has 1 N–H and O–H groups in total. The number of nitrogens with zero attached hydrogens (tertiary/aromatic N) is 2. The number of ether oxygens (including phenoxy) is 1. The number of methoxy groups -OCH3 is 1. The van der Waals surface area contributed by atoms with Crippen molar-refractivity contribution in [3.8, 4) is 0 Å². The average Bonchev–Trinajstić information content (AvgIpc) is 3.00. The third-order valence-corrected chi connectivity index (χ3v) is 3.90. The van der Waals surface area contributed by atoms with Crippen LogP contribution in [0.1, 0.15) is 12.8 Å². The van der Waals surface area contributed by atoms with Gasteiger partial charge in [0.1, 0.15) is 6.04 Å². The smallest absolute Gasteiger partial charge is 0.220 e. The minimum atomic E-state index is -1.29. The number of aromatic nitrogens is 2. The summed E-state index contributed by atoms with van der Waals surface area (Å²) in [4.78, 5) is 3.15. The zero-order valence-electron chi connectivity index (χ0n) is 10.7. The van der Waals surface area contributed by atoms with E-state index in [0.717, 1.165) is 30.4 Å². The van der Waals surface area contributed by atoms with Crippen LogP contribution < -0.4 is 5.01 Å². The lowest BCUT2D eigenvalue weighted by Crippen LogP contribution is -2.44. The van der Waals surface area contributed by atoms with Crippen molar-refractivity contribution in [1.82, 2.24) is 9.66 Å². The summed E-state index contributed by atoms with van der Waals surface area (Å²) in [6, 6.07) is 7.57. The summed E-state index contributed by atoms with van der Waals surface area (Å²) in [5.41, 5.74) is 1.94. The molecule has 0 saturated carbocycles. The summed E-state index contributed by atoms with van der Waals surface area (Å²) in [6.45, 7) is 0.782. The Morgan fingerprint density at radius 3 is 3.05 bits per heavy atom. The first-order valence-corrected chi connectivity index (χ1v) is 6.77. The molecule has 6 heteroatoms. The molecule has 1 aromatic carbocycles. The van der Waals surface area contributed by atoms with Crippen molar-refractivity contribution in [2.24, 2.45) is 0 Å². The average molecular weight is 281 g/mol. The van der Waals surface area contributed by atoms with Gasteiger partial charge in [-0.15, -0.1) is 0 Å². The van der Waals surface area contributed by atoms with Gasteiger partial charge in [0.2, 0.25) is 6.36 Å². The number of H-pyrrole nitrogens is 1. The van der Waals surface area contributed by atoms with Crippen molar-refractivity contribution in [3.63, 3.8) is 0 Å². The molecule has 1 aliphatic heterocycles. The normalized spacial score (nSPS) is 21.2. The predicted octanol–water partition coefficient (Wildman–Crippen LogP) is 2.74. The van der Waals surface area contributed by atoms with Crippen molar-refractivity contribution in [3.05, 3.63) is 29.0 Å². The minimum Gasteiger partial charge on any atom is -0.350 e. The molecule has 0 bridgehead atoms. The van der Waals surface area contributed by atoms with E-state index >= 15 is 0 Å². The van der Waals surface area contributed by atoms with Crippen molar-refractivity contribution < 1.29 is 9.13 Å². The lowest BCUT2D eigenvalue weighted by molar-refractivity contribution is -0.0263. The van der Waals surface area contributed by atoms with Gasteiger partial charge in [0, 0.05) is 13.7 Å². The molecule has 0 spiro atoms. The molecule has 0 aliphatic carbocycles. The van der Waals surface area contributed by atoms with Gasteiger partial charge in [0.15, 0.2) is 4.77 Å². The first kappa shape index (κ1) is 12.6. The maximum Gasteiger partial charge on any atom is 0.220 e. The van der Waals surface area contributed by atoms with E-state index in [9.17, 15) is 4.39 Å². The second-order valence-electron chi connectivity index (χ2n) is 4.72. The van der Waals surface area contributed by atoms with Gasteiger partial charge in [-0.1, -0.05) is 12.1 Å². The van der Waals surface area contributed by atoms with E-state index in [1.54, 1.807) is 0 Å². The molecule has 1 fully saturated rings. The molecule has 19 heavy (non-hydrogen) atoms.